The highest BCUT2D eigenvalue weighted by molar-refractivity contribution is 7.92. The molecule has 0 spiro atoms. The number of benzene rings is 2. The number of rotatable bonds is 5. The van der Waals surface area contributed by atoms with Crippen LogP contribution in [0, 0.1) is 13.8 Å². The summed E-state index contributed by atoms with van der Waals surface area (Å²) in [7, 11) is -4.49. The van der Waals surface area contributed by atoms with E-state index in [-0.39, 0.29) is 13.0 Å². The maximum absolute atomic E-state index is 13.5. The zero-order valence-corrected chi connectivity index (χ0v) is 19.1. The number of halogens is 3. The Bertz CT molecular complexity index is 1350. The van der Waals surface area contributed by atoms with Gasteiger partial charge in [-0.3, -0.25) is 0 Å². The molecule has 34 heavy (non-hydrogen) atoms. The average Bonchev–Trinajstić information content (AvgIpc) is 3.37. The average molecular weight is 494 g/mol. The van der Waals surface area contributed by atoms with Gasteiger partial charge in [-0.2, -0.15) is 18.3 Å². The molecule has 0 saturated carbocycles. The van der Waals surface area contributed by atoms with Gasteiger partial charge in [-0.15, -0.1) is 0 Å². The van der Waals surface area contributed by atoms with Gasteiger partial charge in [0, 0.05) is 12.6 Å². The van der Waals surface area contributed by atoms with Crippen molar-refractivity contribution in [2.75, 3.05) is 11.4 Å². The molecule has 1 N–H and O–H groups in total. The van der Waals surface area contributed by atoms with Crippen molar-refractivity contribution in [1.82, 2.24) is 9.78 Å². The standard InChI is InChI=1S/C23H22F3N3O4S/c1-14-6-5-7-16(10-14)29-21(11-15(2)27-29)28-13-17(12-19(28)22(30)31)34(32,33)20-9-4-3-8-18(20)23(24,25)26/h3-11,17,19H,12-13H2,1-2H3,(H,30,31). The molecule has 2 aromatic carbocycles. The Balaban J connectivity index is 1.77. The fourth-order valence-corrected chi connectivity index (χ4v) is 6.19. The van der Waals surface area contributed by atoms with Gasteiger partial charge in [0.25, 0.3) is 0 Å². The molecule has 1 saturated heterocycles. The number of nitrogens with zero attached hydrogens (tertiary/aromatic N) is 3. The third-order valence-corrected chi connectivity index (χ3v) is 8.03. The van der Waals surface area contributed by atoms with Gasteiger partial charge in [-0.25, -0.2) is 17.9 Å². The van der Waals surface area contributed by atoms with Crippen molar-refractivity contribution < 1.29 is 31.5 Å². The van der Waals surface area contributed by atoms with Crippen LogP contribution in [0.5, 0.6) is 0 Å². The normalized spacial score (nSPS) is 18.9. The van der Waals surface area contributed by atoms with Crippen LogP contribution >= 0.6 is 0 Å². The molecule has 7 nitrogen and oxygen atoms in total. The Morgan fingerprint density at radius 1 is 1.09 bits per heavy atom. The minimum absolute atomic E-state index is 0.289. The molecule has 1 aromatic heterocycles. The van der Waals surface area contributed by atoms with E-state index in [1.165, 1.54) is 15.6 Å². The van der Waals surface area contributed by atoms with Crippen molar-refractivity contribution in [3.63, 3.8) is 0 Å². The number of anilines is 1. The molecule has 2 unspecified atom stereocenters. The van der Waals surface area contributed by atoms with E-state index < -0.39 is 43.7 Å². The molecule has 1 aliphatic rings. The molecule has 0 amide bonds. The maximum atomic E-state index is 13.5. The Hall–Kier alpha value is -3.34. The molecule has 0 bridgehead atoms. The van der Waals surface area contributed by atoms with E-state index in [0.717, 1.165) is 17.7 Å². The lowest BCUT2D eigenvalue weighted by Crippen LogP contribution is -2.37. The number of hydrogen-bond donors (Lipinski definition) is 1. The molecule has 180 valence electrons. The van der Waals surface area contributed by atoms with Gasteiger partial charge >= 0.3 is 12.1 Å². The van der Waals surface area contributed by atoms with Crippen LogP contribution in [-0.4, -0.2) is 47.1 Å². The van der Waals surface area contributed by atoms with Gasteiger partial charge in [-0.05, 0) is 50.1 Å². The first-order valence-corrected chi connectivity index (χ1v) is 12.0. The Labute approximate surface area is 194 Å². The predicted octanol–water partition coefficient (Wildman–Crippen LogP) is 4.01. The zero-order chi connectivity index (χ0) is 24.8. The zero-order valence-electron chi connectivity index (χ0n) is 18.3. The topological polar surface area (TPSA) is 92.5 Å². The minimum atomic E-state index is -4.87. The third-order valence-electron chi connectivity index (χ3n) is 5.84. The Kier molecular flexibility index (Phi) is 5.92. The second-order valence-electron chi connectivity index (χ2n) is 8.30. The van der Waals surface area contributed by atoms with Crippen molar-refractivity contribution in [3.8, 4) is 5.69 Å². The summed E-state index contributed by atoms with van der Waals surface area (Å²) >= 11 is 0. The van der Waals surface area contributed by atoms with E-state index in [1.807, 2.05) is 25.1 Å². The molecular weight excluding hydrogens is 471 g/mol. The van der Waals surface area contributed by atoms with Gasteiger partial charge < -0.3 is 10.0 Å². The number of aryl methyl sites for hydroxylation is 2. The van der Waals surface area contributed by atoms with Crippen molar-refractivity contribution in [1.29, 1.82) is 0 Å². The molecule has 1 aliphatic heterocycles. The predicted molar refractivity (Wildman–Crippen MR) is 119 cm³/mol. The number of alkyl halides is 3. The van der Waals surface area contributed by atoms with E-state index in [1.54, 1.807) is 19.1 Å². The molecular formula is C23H22F3N3O4S. The molecule has 2 heterocycles. The van der Waals surface area contributed by atoms with Crippen molar-refractivity contribution in [3.05, 3.63) is 71.4 Å². The van der Waals surface area contributed by atoms with Gasteiger partial charge in [0.05, 0.1) is 27.1 Å². The number of hydrogen-bond acceptors (Lipinski definition) is 5. The number of carbonyl (C=O) groups is 1. The second-order valence-corrected chi connectivity index (χ2v) is 10.5. The molecule has 1 fully saturated rings. The van der Waals surface area contributed by atoms with Crippen molar-refractivity contribution >= 4 is 21.6 Å². The largest absolute Gasteiger partial charge is 0.480 e. The number of carboxylic acid groups (broad SMARTS) is 1. The SMILES string of the molecule is Cc1cccc(-n2nc(C)cc2N2CC(S(=O)(=O)c3ccccc3C(F)(F)F)CC2C(=O)O)c1. The summed E-state index contributed by atoms with van der Waals surface area (Å²) in [4.78, 5) is 12.6. The fourth-order valence-electron chi connectivity index (χ4n) is 4.28. The number of carboxylic acids is 1. The highest BCUT2D eigenvalue weighted by atomic mass is 32.2. The molecule has 2 atom stereocenters. The van der Waals surface area contributed by atoms with Gasteiger partial charge in [-0.1, -0.05) is 24.3 Å². The maximum Gasteiger partial charge on any atom is 0.417 e. The smallest absolute Gasteiger partial charge is 0.417 e. The summed E-state index contributed by atoms with van der Waals surface area (Å²) in [5, 5.41) is 12.9. The van der Waals surface area contributed by atoms with Crippen molar-refractivity contribution in [2.45, 2.75) is 42.6 Å². The summed E-state index contributed by atoms with van der Waals surface area (Å²) in [6.07, 6.45) is -5.23. The number of sulfone groups is 1. The van der Waals surface area contributed by atoms with Gasteiger partial charge in [0.2, 0.25) is 0 Å². The summed E-state index contributed by atoms with van der Waals surface area (Å²) in [5.74, 6) is -0.909. The first kappa shape index (κ1) is 23.8. The van der Waals surface area contributed by atoms with Crippen LogP contribution in [0.15, 0.2) is 59.5 Å². The van der Waals surface area contributed by atoms with Crippen molar-refractivity contribution in [2.24, 2.45) is 0 Å². The molecule has 0 radical (unpaired) electrons. The van der Waals surface area contributed by atoms with Crippen LogP contribution in [0.25, 0.3) is 5.69 Å². The van der Waals surface area contributed by atoms with E-state index >= 15 is 0 Å². The Morgan fingerprint density at radius 3 is 2.44 bits per heavy atom. The van der Waals surface area contributed by atoms with Crippen LogP contribution in [0.1, 0.15) is 23.2 Å². The monoisotopic (exact) mass is 493 g/mol. The summed E-state index contributed by atoms with van der Waals surface area (Å²) in [6, 6.07) is 11.7. The molecule has 3 aromatic rings. The lowest BCUT2D eigenvalue weighted by Gasteiger charge is -2.24. The summed E-state index contributed by atoms with van der Waals surface area (Å²) in [5.41, 5.74) is 0.910. The van der Waals surface area contributed by atoms with Crippen LogP contribution in [-0.2, 0) is 20.8 Å². The molecule has 11 heteroatoms. The molecule has 0 aliphatic carbocycles. The van der Waals surface area contributed by atoms with Crippen LogP contribution in [0.2, 0.25) is 0 Å². The molecule has 4 rings (SSSR count). The van der Waals surface area contributed by atoms with Crippen LogP contribution < -0.4 is 4.90 Å². The lowest BCUT2D eigenvalue weighted by molar-refractivity contribution is -0.140. The highest BCUT2D eigenvalue weighted by Crippen LogP contribution is 2.39. The van der Waals surface area contributed by atoms with E-state index in [2.05, 4.69) is 5.10 Å². The summed E-state index contributed by atoms with van der Waals surface area (Å²) in [6.45, 7) is 3.31. The second kappa shape index (κ2) is 8.46. The summed E-state index contributed by atoms with van der Waals surface area (Å²) < 4.78 is 68.7. The third kappa shape index (κ3) is 4.27. The fraction of sp³-hybridized carbons (Fsp3) is 0.304. The minimum Gasteiger partial charge on any atom is -0.480 e. The Morgan fingerprint density at radius 2 is 1.79 bits per heavy atom. The first-order valence-electron chi connectivity index (χ1n) is 10.4. The highest BCUT2D eigenvalue weighted by Gasteiger charge is 2.47. The van der Waals surface area contributed by atoms with Crippen LogP contribution in [0.4, 0.5) is 19.0 Å². The lowest BCUT2D eigenvalue weighted by atomic mass is 10.2. The van der Waals surface area contributed by atoms with E-state index in [0.29, 0.717) is 23.3 Å². The van der Waals surface area contributed by atoms with E-state index in [4.69, 9.17) is 0 Å². The van der Waals surface area contributed by atoms with E-state index in [9.17, 15) is 31.5 Å². The number of aromatic nitrogens is 2. The quantitative estimate of drug-likeness (QED) is 0.577. The van der Waals surface area contributed by atoms with Gasteiger partial charge in [0.15, 0.2) is 9.84 Å². The van der Waals surface area contributed by atoms with Crippen LogP contribution in [0.3, 0.4) is 0 Å². The van der Waals surface area contributed by atoms with Gasteiger partial charge in [0.1, 0.15) is 11.9 Å². The number of aliphatic carboxylic acids is 1. The first-order chi connectivity index (χ1) is 15.9.